The molecule has 0 aliphatic carbocycles. The van der Waals surface area contributed by atoms with Crippen molar-refractivity contribution in [2.75, 3.05) is 19.0 Å². The Hall–Kier alpha value is -2.80. The van der Waals surface area contributed by atoms with Gasteiger partial charge in [0, 0.05) is 18.0 Å². The van der Waals surface area contributed by atoms with Crippen LogP contribution in [-0.4, -0.2) is 30.6 Å². The van der Waals surface area contributed by atoms with Crippen LogP contribution in [0.5, 0.6) is 0 Å². The first-order valence-electron chi connectivity index (χ1n) is 6.20. The van der Waals surface area contributed by atoms with Gasteiger partial charge >= 0.3 is 6.03 Å². The number of hydrogen-bond donors (Lipinski definition) is 4. The van der Waals surface area contributed by atoms with Gasteiger partial charge in [0.2, 0.25) is 0 Å². The van der Waals surface area contributed by atoms with Gasteiger partial charge < -0.3 is 21.2 Å². The molecule has 0 fully saturated rings. The van der Waals surface area contributed by atoms with Gasteiger partial charge in [-0.05, 0) is 11.6 Å². The van der Waals surface area contributed by atoms with Crippen LogP contribution in [0.1, 0.15) is 15.9 Å². The van der Waals surface area contributed by atoms with Crippen molar-refractivity contribution >= 4 is 34.7 Å². The molecule has 21 heavy (non-hydrogen) atoms. The highest BCUT2D eigenvalue weighted by Crippen LogP contribution is 2.27. The molecule has 1 aromatic carbocycles. The van der Waals surface area contributed by atoms with Gasteiger partial charge in [-0.3, -0.25) is 10.1 Å². The summed E-state index contributed by atoms with van der Waals surface area (Å²) in [7, 11) is 1.61. The Labute approximate surface area is 120 Å². The molecule has 0 aliphatic heterocycles. The normalized spacial score (nSPS) is 11.1. The lowest BCUT2D eigenvalue weighted by Gasteiger charge is -2.00. The minimum Gasteiger partial charge on any atom is -0.381 e. The number of primary amides is 2. The Bertz CT molecular complexity index is 718. The summed E-state index contributed by atoms with van der Waals surface area (Å²) in [6, 6.07) is 4.65. The van der Waals surface area contributed by atoms with Crippen LogP contribution < -0.4 is 16.8 Å². The van der Waals surface area contributed by atoms with Crippen molar-refractivity contribution in [2.45, 2.75) is 0 Å². The summed E-state index contributed by atoms with van der Waals surface area (Å²) in [5.74, 6) is -0.448. The van der Waals surface area contributed by atoms with Crippen LogP contribution in [-0.2, 0) is 4.74 Å². The number of nitrogens with two attached hydrogens (primary N) is 2. The number of amides is 3. The first-order valence-corrected chi connectivity index (χ1v) is 6.20. The molecule has 1 heterocycles. The summed E-state index contributed by atoms with van der Waals surface area (Å²) < 4.78 is 4.93. The van der Waals surface area contributed by atoms with Gasteiger partial charge in [0.05, 0.1) is 12.2 Å². The van der Waals surface area contributed by atoms with Gasteiger partial charge in [-0.2, -0.15) is 0 Å². The van der Waals surface area contributed by atoms with E-state index in [-0.39, 0.29) is 11.4 Å². The Morgan fingerprint density at radius 2 is 2.14 bits per heavy atom. The van der Waals surface area contributed by atoms with Crippen molar-refractivity contribution in [3.63, 3.8) is 0 Å². The zero-order chi connectivity index (χ0) is 15.4. The van der Waals surface area contributed by atoms with E-state index in [1.165, 1.54) is 0 Å². The summed E-state index contributed by atoms with van der Waals surface area (Å²) in [5, 5.41) is 2.98. The van der Waals surface area contributed by atoms with E-state index in [1.807, 2.05) is 24.3 Å². The smallest absolute Gasteiger partial charge is 0.317 e. The maximum atomic E-state index is 11.6. The van der Waals surface area contributed by atoms with Crippen LogP contribution in [0, 0.1) is 0 Å². The number of fused-ring (bicyclic) bond motifs is 1. The van der Waals surface area contributed by atoms with Crippen LogP contribution in [0.4, 0.5) is 10.6 Å². The third kappa shape index (κ3) is 3.21. The summed E-state index contributed by atoms with van der Waals surface area (Å²) in [6.45, 7) is 0.504. The number of urea groups is 1. The molecule has 0 saturated heterocycles. The molecule has 7 nitrogen and oxygen atoms in total. The van der Waals surface area contributed by atoms with Crippen LogP contribution >= 0.6 is 0 Å². The lowest BCUT2D eigenvalue weighted by atomic mass is 10.1. The van der Waals surface area contributed by atoms with E-state index in [9.17, 15) is 9.59 Å². The van der Waals surface area contributed by atoms with Crippen molar-refractivity contribution in [1.29, 1.82) is 0 Å². The monoisotopic (exact) mass is 288 g/mol. The maximum Gasteiger partial charge on any atom is 0.317 e. The van der Waals surface area contributed by atoms with Gasteiger partial charge in [0.15, 0.2) is 0 Å². The fourth-order valence-corrected chi connectivity index (χ4v) is 2.07. The molecule has 0 unspecified atom stereocenters. The standard InChI is InChI=1S/C14H16N4O3/c1-21-6-2-3-8-4-5-9-10(7-8)17-13(18-14(16)20)11(9)12(15)19/h2-5,7,17H,6H2,1H3,(H2,15,19)(H3,16,18,20). The lowest BCUT2D eigenvalue weighted by molar-refractivity contribution is 0.100. The average Bonchev–Trinajstić information content (AvgIpc) is 2.75. The SMILES string of the molecule is COCC=Cc1ccc2c(C(N)=O)c(NC(N)=O)[nH]c2c1. The number of anilines is 1. The number of nitrogens with one attached hydrogen (secondary N) is 2. The van der Waals surface area contributed by atoms with Crippen molar-refractivity contribution in [1.82, 2.24) is 4.98 Å². The number of carbonyl (C=O) groups is 2. The van der Waals surface area contributed by atoms with Gasteiger partial charge in [0.25, 0.3) is 5.91 Å². The molecule has 0 spiro atoms. The number of methoxy groups -OCH3 is 1. The number of carbonyl (C=O) groups excluding carboxylic acids is 2. The first kappa shape index (κ1) is 14.6. The van der Waals surface area contributed by atoms with E-state index < -0.39 is 11.9 Å². The highest BCUT2D eigenvalue weighted by molar-refractivity contribution is 6.13. The summed E-state index contributed by atoms with van der Waals surface area (Å²) >= 11 is 0. The highest BCUT2D eigenvalue weighted by Gasteiger charge is 2.17. The number of H-pyrrole nitrogens is 1. The van der Waals surface area contributed by atoms with E-state index in [4.69, 9.17) is 16.2 Å². The Balaban J connectivity index is 2.48. The van der Waals surface area contributed by atoms with Gasteiger partial charge in [-0.1, -0.05) is 24.3 Å². The number of hydrogen-bond acceptors (Lipinski definition) is 3. The molecule has 6 N–H and O–H groups in total. The minimum atomic E-state index is -0.774. The quantitative estimate of drug-likeness (QED) is 0.665. The predicted molar refractivity (Wildman–Crippen MR) is 80.9 cm³/mol. The highest BCUT2D eigenvalue weighted by atomic mass is 16.5. The van der Waals surface area contributed by atoms with E-state index in [0.29, 0.717) is 17.5 Å². The van der Waals surface area contributed by atoms with Gasteiger partial charge in [0.1, 0.15) is 5.82 Å². The number of aromatic nitrogens is 1. The zero-order valence-electron chi connectivity index (χ0n) is 11.5. The fourth-order valence-electron chi connectivity index (χ4n) is 2.07. The Morgan fingerprint density at radius 1 is 1.38 bits per heavy atom. The third-order valence-electron chi connectivity index (χ3n) is 2.89. The summed E-state index contributed by atoms with van der Waals surface area (Å²) in [4.78, 5) is 25.5. The van der Waals surface area contributed by atoms with E-state index in [0.717, 1.165) is 5.56 Å². The number of aromatic amines is 1. The van der Waals surface area contributed by atoms with E-state index in [1.54, 1.807) is 13.2 Å². The van der Waals surface area contributed by atoms with E-state index in [2.05, 4.69) is 10.3 Å². The molecule has 2 aromatic rings. The number of rotatable bonds is 5. The van der Waals surface area contributed by atoms with E-state index >= 15 is 0 Å². The Kier molecular flexibility index (Phi) is 4.24. The minimum absolute atomic E-state index is 0.197. The summed E-state index contributed by atoms with van der Waals surface area (Å²) in [5.41, 5.74) is 12.2. The first-order chi connectivity index (χ1) is 10.0. The number of benzene rings is 1. The predicted octanol–water partition coefficient (Wildman–Crippen LogP) is 1.42. The van der Waals surface area contributed by atoms with Crippen molar-refractivity contribution < 1.29 is 14.3 Å². The van der Waals surface area contributed by atoms with Crippen LogP contribution in [0.25, 0.3) is 17.0 Å². The van der Waals surface area contributed by atoms with Gasteiger partial charge in [-0.25, -0.2) is 4.79 Å². The molecule has 0 bridgehead atoms. The fraction of sp³-hybridized carbons (Fsp3) is 0.143. The molecule has 1 aromatic heterocycles. The van der Waals surface area contributed by atoms with Crippen molar-refractivity contribution in [3.05, 3.63) is 35.4 Å². The largest absolute Gasteiger partial charge is 0.381 e. The van der Waals surface area contributed by atoms with Crippen molar-refractivity contribution in [2.24, 2.45) is 11.5 Å². The lowest BCUT2D eigenvalue weighted by Crippen LogP contribution is -2.22. The molecule has 7 heteroatoms. The summed E-state index contributed by atoms with van der Waals surface area (Å²) in [6.07, 6.45) is 3.75. The molecular formula is C14H16N4O3. The molecule has 2 rings (SSSR count). The van der Waals surface area contributed by atoms with Crippen LogP contribution in [0.2, 0.25) is 0 Å². The van der Waals surface area contributed by atoms with Crippen LogP contribution in [0.15, 0.2) is 24.3 Å². The zero-order valence-corrected chi connectivity index (χ0v) is 11.5. The molecule has 0 aliphatic rings. The molecule has 0 atom stereocenters. The second kappa shape index (κ2) is 6.10. The Morgan fingerprint density at radius 3 is 2.76 bits per heavy atom. The molecule has 110 valence electrons. The maximum absolute atomic E-state index is 11.6. The number of ether oxygens (including phenoxy) is 1. The second-order valence-electron chi connectivity index (χ2n) is 4.39. The topological polar surface area (TPSA) is 123 Å². The van der Waals surface area contributed by atoms with Crippen molar-refractivity contribution in [3.8, 4) is 0 Å². The third-order valence-corrected chi connectivity index (χ3v) is 2.89. The molecule has 0 saturated carbocycles. The second-order valence-corrected chi connectivity index (χ2v) is 4.39. The molecule has 0 radical (unpaired) electrons. The average molecular weight is 288 g/mol. The molecular weight excluding hydrogens is 272 g/mol. The molecule has 3 amide bonds. The van der Waals surface area contributed by atoms with Crippen LogP contribution in [0.3, 0.4) is 0 Å². The van der Waals surface area contributed by atoms with Gasteiger partial charge in [-0.15, -0.1) is 0 Å².